The van der Waals surface area contributed by atoms with Crippen molar-refractivity contribution in [2.24, 2.45) is 12.8 Å². The lowest BCUT2D eigenvalue weighted by Crippen LogP contribution is -2.24. The van der Waals surface area contributed by atoms with Crippen LogP contribution in [0, 0.1) is 6.92 Å². The Bertz CT molecular complexity index is 864. The molecule has 1 aromatic carbocycles. The van der Waals surface area contributed by atoms with Crippen molar-refractivity contribution in [2.75, 3.05) is 6.61 Å². The number of halogens is 1. The number of hydrogen-bond acceptors (Lipinski definition) is 5. The fourth-order valence-electron chi connectivity index (χ4n) is 2.00. The molecule has 1 amide bonds. The number of aromatic nitrogens is 2. The zero-order valence-electron chi connectivity index (χ0n) is 13.1. The summed E-state index contributed by atoms with van der Waals surface area (Å²) in [6.07, 6.45) is 0. The van der Waals surface area contributed by atoms with Gasteiger partial charge in [0.25, 0.3) is 5.91 Å². The third kappa shape index (κ3) is 4.47. The smallest absolute Gasteiger partial charge is 0.255 e. The summed E-state index contributed by atoms with van der Waals surface area (Å²) >= 11 is 5.98. The van der Waals surface area contributed by atoms with Crippen LogP contribution in [0.5, 0.6) is 5.75 Å². The number of rotatable bonds is 7. The third-order valence-electron chi connectivity index (χ3n) is 3.13. The van der Waals surface area contributed by atoms with E-state index < -0.39 is 15.9 Å². The van der Waals surface area contributed by atoms with Crippen LogP contribution in [-0.2, 0) is 28.4 Å². The van der Waals surface area contributed by atoms with Gasteiger partial charge in [0.2, 0.25) is 10.0 Å². The molecule has 0 saturated heterocycles. The molecule has 130 valence electrons. The number of primary amides is 1. The summed E-state index contributed by atoms with van der Waals surface area (Å²) in [7, 11) is -2.02. The minimum atomic E-state index is -3.76. The summed E-state index contributed by atoms with van der Waals surface area (Å²) in [4.78, 5) is 10.7. The Kier molecular flexibility index (Phi) is 5.47. The van der Waals surface area contributed by atoms with E-state index in [-0.39, 0.29) is 28.8 Å². The lowest BCUT2D eigenvalue weighted by atomic mass is 10.3. The minimum absolute atomic E-state index is 0.0159. The normalized spacial score (nSPS) is 11.5. The Hall–Kier alpha value is -2.10. The first-order valence-electron chi connectivity index (χ1n) is 6.89. The molecule has 0 aliphatic heterocycles. The highest BCUT2D eigenvalue weighted by Gasteiger charge is 2.17. The van der Waals surface area contributed by atoms with Gasteiger partial charge >= 0.3 is 0 Å². The maximum absolute atomic E-state index is 12.3. The number of nitrogens with one attached hydrogen (secondary N) is 1. The molecule has 2 aromatic rings. The van der Waals surface area contributed by atoms with Crippen molar-refractivity contribution < 1.29 is 17.9 Å². The molecule has 0 aliphatic rings. The van der Waals surface area contributed by atoms with E-state index in [0.29, 0.717) is 0 Å². The average molecular weight is 373 g/mol. The van der Waals surface area contributed by atoms with Crippen LogP contribution in [0.2, 0.25) is 5.02 Å². The van der Waals surface area contributed by atoms with Gasteiger partial charge in [-0.1, -0.05) is 11.6 Å². The quantitative estimate of drug-likeness (QED) is 0.743. The number of ether oxygens (including phenoxy) is 1. The van der Waals surface area contributed by atoms with E-state index in [9.17, 15) is 13.2 Å². The highest BCUT2D eigenvalue weighted by atomic mass is 35.5. The first-order valence-corrected chi connectivity index (χ1v) is 8.75. The summed E-state index contributed by atoms with van der Waals surface area (Å²) < 4.78 is 33.8. The SMILES string of the molecule is Cc1cc(CNS(=O)(=O)c2ccc(OCC(N)=O)c(Cl)c2)n(C)n1. The maximum atomic E-state index is 12.3. The van der Waals surface area contributed by atoms with Crippen molar-refractivity contribution in [3.05, 3.63) is 40.7 Å². The number of carbonyl (C=O) groups excluding carboxylic acids is 1. The van der Waals surface area contributed by atoms with Crippen LogP contribution in [0.25, 0.3) is 0 Å². The minimum Gasteiger partial charge on any atom is -0.482 e. The summed E-state index contributed by atoms with van der Waals surface area (Å²) in [5, 5.41) is 4.22. The van der Waals surface area contributed by atoms with Crippen molar-refractivity contribution in [1.82, 2.24) is 14.5 Å². The largest absolute Gasteiger partial charge is 0.482 e. The number of aryl methyl sites for hydroxylation is 2. The number of amides is 1. The van der Waals surface area contributed by atoms with E-state index >= 15 is 0 Å². The van der Waals surface area contributed by atoms with E-state index in [1.54, 1.807) is 17.8 Å². The van der Waals surface area contributed by atoms with Crippen molar-refractivity contribution in [3.63, 3.8) is 0 Å². The molecule has 0 bridgehead atoms. The van der Waals surface area contributed by atoms with Gasteiger partial charge in [0.1, 0.15) is 5.75 Å². The molecule has 0 radical (unpaired) electrons. The van der Waals surface area contributed by atoms with Gasteiger partial charge < -0.3 is 10.5 Å². The molecule has 8 nitrogen and oxygen atoms in total. The lowest BCUT2D eigenvalue weighted by molar-refractivity contribution is -0.119. The van der Waals surface area contributed by atoms with Crippen LogP contribution >= 0.6 is 11.6 Å². The standard InChI is InChI=1S/C14H17ClN4O4S/c1-9-5-10(19(2)18-9)7-17-24(21,22)11-3-4-13(12(15)6-11)23-8-14(16)20/h3-6,17H,7-8H2,1-2H3,(H2,16,20). The second-order valence-corrected chi connectivity index (χ2v) is 7.25. The molecule has 0 saturated carbocycles. The zero-order chi connectivity index (χ0) is 17.9. The number of nitrogens with two attached hydrogens (primary N) is 1. The van der Waals surface area contributed by atoms with E-state index in [1.165, 1.54) is 18.2 Å². The average Bonchev–Trinajstić information content (AvgIpc) is 2.81. The molecule has 0 spiro atoms. The summed E-state index contributed by atoms with van der Waals surface area (Å²) in [6.45, 7) is 1.57. The van der Waals surface area contributed by atoms with Gasteiger partial charge in [0.05, 0.1) is 27.9 Å². The molecule has 0 aliphatic carbocycles. The van der Waals surface area contributed by atoms with Gasteiger partial charge in [-0.05, 0) is 31.2 Å². The van der Waals surface area contributed by atoms with Crippen molar-refractivity contribution in [3.8, 4) is 5.75 Å². The van der Waals surface area contributed by atoms with Gasteiger partial charge in [0.15, 0.2) is 6.61 Å². The molecule has 10 heteroatoms. The van der Waals surface area contributed by atoms with Crippen molar-refractivity contribution >= 4 is 27.5 Å². The van der Waals surface area contributed by atoms with Gasteiger partial charge in [-0.2, -0.15) is 5.10 Å². The highest BCUT2D eigenvalue weighted by Crippen LogP contribution is 2.27. The summed E-state index contributed by atoms with van der Waals surface area (Å²) in [5.74, 6) is -0.479. The van der Waals surface area contributed by atoms with Crippen LogP contribution in [0.3, 0.4) is 0 Å². The van der Waals surface area contributed by atoms with E-state index in [0.717, 1.165) is 11.4 Å². The van der Waals surface area contributed by atoms with E-state index in [1.807, 2.05) is 6.92 Å². The van der Waals surface area contributed by atoms with Crippen molar-refractivity contribution in [2.45, 2.75) is 18.4 Å². The lowest BCUT2D eigenvalue weighted by Gasteiger charge is -2.10. The Morgan fingerprint density at radius 3 is 2.67 bits per heavy atom. The van der Waals surface area contributed by atoms with Gasteiger partial charge in [0, 0.05) is 7.05 Å². The fourth-order valence-corrected chi connectivity index (χ4v) is 3.32. The molecule has 1 heterocycles. The molecule has 0 fully saturated rings. The zero-order valence-corrected chi connectivity index (χ0v) is 14.7. The predicted octanol–water partition coefficient (Wildman–Crippen LogP) is 0.725. The molecule has 1 aromatic heterocycles. The van der Waals surface area contributed by atoms with Crippen LogP contribution < -0.4 is 15.2 Å². The third-order valence-corrected chi connectivity index (χ3v) is 4.82. The Morgan fingerprint density at radius 2 is 2.12 bits per heavy atom. The Morgan fingerprint density at radius 1 is 1.42 bits per heavy atom. The fraction of sp³-hybridized carbons (Fsp3) is 0.286. The maximum Gasteiger partial charge on any atom is 0.255 e. The molecule has 0 atom stereocenters. The molecule has 24 heavy (non-hydrogen) atoms. The predicted molar refractivity (Wildman–Crippen MR) is 88.1 cm³/mol. The van der Waals surface area contributed by atoms with Gasteiger partial charge in [-0.15, -0.1) is 0 Å². The summed E-state index contributed by atoms with van der Waals surface area (Å²) in [5.41, 5.74) is 6.50. The van der Waals surface area contributed by atoms with E-state index in [2.05, 4.69) is 9.82 Å². The van der Waals surface area contributed by atoms with Crippen molar-refractivity contribution in [1.29, 1.82) is 0 Å². The first-order chi connectivity index (χ1) is 11.2. The molecule has 2 rings (SSSR count). The number of nitrogens with zero attached hydrogens (tertiary/aromatic N) is 2. The molecular weight excluding hydrogens is 356 g/mol. The summed E-state index contributed by atoms with van der Waals surface area (Å²) in [6, 6.07) is 5.73. The van der Waals surface area contributed by atoms with Crippen LogP contribution in [-0.4, -0.2) is 30.7 Å². The second kappa shape index (κ2) is 7.20. The number of sulfonamides is 1. The van der Waals surface area contributed by atoms with Gasteiger partial charge in [-0.3, -0.25) is 9.48 Å². The highest BCUT2D eigenvalue weighted by molar-refractivity contribution is 7.89. The monoisotopic (exact) mass is 372 g/mol. The number of carbonyl (C=O) groups is 1. The Balaban J connectivity index is 2.12. The molecular formula is C14H17ClN4O4S. The van der Waals surface area contributed by atoms with Gasteiger partial charge in [-0.25, -0.2) is 13.1 Å². The molecule has 0 unspecified atom stereocenters. The number of hydrogen-bond donors (Lipinski definition) is 2. The second-order valence-electron chi connectivity index (χ2n) is 5.07. The van der Waals surface area contributed by atoms with Crippen LogP contribution in [0.1, 0.15) is 11.4 Å². The topological polar surface area (TPSA) is 116 Å². The Labute approximate surface area is 144 Å². The van der Waals surface area contributed by atoms with E-state index in [4.69, 9.17) is 22.1 Å². The van der Waals surface area contributed by atoms with Crippen LogP contribution in [0.4, 0.5) is 0 Å². The first kappa shape index (κ1) is 18.2. The molecule has 3 N–H and O–H groups in total. The van der Waals surface area contributed by atoms with Crippen LogP contribution in [0.15, 0.2) is 29.2 Å². The number of benzene rings is 1.